The molecule has 0 aromatic heterocycles. The predicted octanol–water partition coefficient (Wildman–Crippen LogP) is 3.48. The second kappa shape index (κ2) is 9.15. The molecule has 6 heteroatoms. The molecule has 0 aliphatic rings. The number of rotatable bonds is 8. The Morgan fingerprint density at radius 3 is 2.42 bits per heavy atom. The number of hydrogen-bond acceptors (Lipinski definition) is 4. The number of nitrogens with one attached hydrogen (secondary N) is 2. The Labute approximate surface area is 146 Å². The zero-order chi connectivity index (χ0) is 17.4. The van der Waals surface area contributed by atoms with Crippen molar-refractivity contribution in [2.45, 2.75) is 13.0 Å². The average Bonchev–Trinajstić information content (AvgIpc) is 2.60. The van der Waals surface area contributed by atoms with Gasteiger partial charge in [-0.1, -0.05) is 23.7 Å². The van der Waals surface area contributed by atoms with E-state index in [1.54, 1.807) is 32.4 Å². The van der Waals surface area contributed by atoms with Crippen LogP contribution < -0.4 is 20.1 Å². The Balaban J connectivity index is 1.76. The lowest BCUT2D eigenvalue weighted by atomic mass is 10.2. The highest BCUT2D eigenvalue weighted by molar-refractivity contribution is 6.30. The fourth-order valence-corrected chi connectivity index (χ4v) is 2.30. The van der Waals surface area contributed by atoms with Gasteiger partial charge in [0.15, 0.2) is 11.5 Å². The third-order valence-electron chi connectivity index (χ3n) is 3.44. The maximum atomic E-state index is 12.0. The maximum Gasteiger partial charge on any atom is 0.225 e. The summed E-state index contributed by atoms with van der Waals surface area (Å²) in [5, 5.41) is 6.79. The smallest absolute Gasteiger partial charge is 0.225 e. The molecule has 0 unspecified atom stereocenters. The molecular formula is C18H21ClN2O3. The molecular weight excluding hydrogens is 328 g/mol. The van der Waals surface area contributed by atoms with E-state index in [-0.39, 0.29) is 5.91 Å². The van der Waals surface area contributed by atoms with E-state index in [1.807, 2.05) is 24.3 Å². The molecule has 0 radical (unpaired) electrons. The first-order chi connectivity index (χ1) is 11.6. The van der Waals surface area contributed by atoms with Gasteiger partial charge in [-0.15, -0.1) is 0 Å². The van der Waals surface area contributed by atoms with E-state index < -0.39 is 0 Å². The Kier molecular flexibility index (Phi) is 6.90. The van der Waals surface area contributed by atoms with Crippen LogP contribution >= 0.6 is 11.6 Å². The van der Waals surface area contributed by atoms with E-state index in [9.17, 15) is 4.79 Å². The number of benzene rings is 2. The molecule has 0 atom stereocenters. The molecule has 0 heterocycles. The molecule has 0 fully saturated rings. The van der Waals surface area contributed by atoms with Gasteiger partial charge >= 0.3 is 0 Å². The van der Waals surface area contributed by atoms with Crippen LogP contribution in [0.25, 0.3) is 0 Å². The molecule has 0 aliphatic heterocycles. The van der Waals surface area contributed by atoms with Gasteiger partial charge in [0, 0.05) is 36.3 Å². The van der Waals surface area contributed by atoms with E-state index in [4.69, 9.17) is 21.1 Å². The van der Waals surface area contributed by atoms with Gasteiger partial charge in [0.25, 0.3) is 0 Å². The molecule has 2 aromatic rings. The quantitative estimate of drug-likeness (QED) is 0.717. The highest BCUT2D eigenvalue weighted by Gasteiger charge is 2.07. The summed E-state index contributed by atoms with van der Waals surface area (Å²) in [5.41, 5.74) is 1.80. The van der Waals surface area contributed by atoms with Crippen molar-refractivity contribution in [3.05, 3.63) is 53.1 Å². The van der Waals surface area contributed by atoms with Gasteiger partial charge in [-0.3, -0.25) is 4.79 Å². The van der Waals surface area contributed by atoms with Crippen LogP contribution in [0.1, 0.15) is 12.0 Å². The molecule has 0 saturated heterocycles. The second-order valence-corrected chi connectivity index (χ2v) is 5.61. The normalized spacial score (nSPS) is 10.3. The number of carbonyl (C=O) groups excluding carboxylic acids is 1. The molecule has 0 spiro atoms. The summed E-state index contributed by atoms with van der Waals surface area (Å²) in [6, 6.07) is 12.9. The SMILES string of the molecule is COc1ccc(NC(=O)CCNCc2ccc(Cl)cc2)cc1OC. The van der Waals surface area contributed by atoms with Crippen molar-refractivity contribution in [2.75, 3.05) is 26.1 Å². The molecule has 2 rings (SSSR count). The summed E-state index contributed by atoms with van der Waals surface area (Å²) in [6.07, 6.45) is 0.377. The minimum absolute atomic E-state index is 0.0640. The van der Waals surface area contributed by atoms with Crippen LogP contribution in [0.5, 0.6) is 11.5 Å². The van der Waals surface area contributed by atoms with Crippen molar-refractivity contribution in [1.82, 2.24) is 5.32 Å². The van der Waals surface area contributed by atoms with Gasteiger partial charge in [0.2, 0.25) is 5.91 Å². The van der Waals surface area contributed by atoms with E-state index in [0.29, 0.717) is 41.7 Å². The van der Waals surface area contributed by atoms with Crippen LogP contribution in [-0.2, 0) is 11.3 Å². The highest BCUT2D eigenvalue weighted by atomic mass is 35.5. The van der Waals surface area contributed by atoms with E-state index >= 15 is 0 Å². The third kappa shape index (κ3) is 5.44. The number of carbonyl (C=O) groups is 1. The number of halogens is 1. The summed E-state index contributed by atoms with van der Waals surface area (Å²) in [5.74, 6) is 1.14. The number of ether oxygens (including phenoxy) is 2. The highest BCUT2D eigenvalue weighted by Crippen LogP contribution is 2.29. The minimum Gasteiger partial charge on any atom is -0.493 e. The number of amides is 1. The van der Waals surface area contributed by atoms with Crippen LogP contribution in [0.4, 0.5) is 5.69 Å². The summed E-state index contributed by atoms with van der Waals surface area (Å²) < 4.78 is 10.4. The molecule has 1 amide bonds. The largest absolute Gasteiger partial charge is 0.493 e. The van der Waals surface area contributed by atoms with Crippen molar-refractivity contribution in [3.8, 4) is 11.5 Å². The van der Waals surface area contributed by atoms with Gasteiger partial charge in [-0.25, -0.2) is 0 Å². The fourth-order valence-electron chi connectivity index (χ4n) is 2.17. The monoisotopic (exact) mass is 348 g/mol. The number of anilines is 1. The van der Waals surface area contributed by atoms with E-state index in [1.165, 1.54) is 0 Å². The van der Waals surface area contributed by atoms with Crippen LogP contribution in [-0.4, -0.2) is 26.7 Å². The summed E-state index contributed by atoms with van der Waals surface area (Å²) in [4.78, 5) is 12.0. The lowest BCUT2D eigenvalue weighted by Gasteiger charge is -2.11. The van der Waals surface area contributed by atoms with Crippen LogP contribution in [0.3, 0.4) is 0 Å². The topological polar surface area (TPSA) is 59.6 Å². The molecule has 0 bridgehead atoms. The minimum atomic E-state index is -0.0640. The lowest BCUT2D eigenvalue weighted by Crippen LogP contribution is -2.21. The summed E-state index contributed by atoms with van der Waals surface area (Å²) >= 11 is 5.84. The Morgan fingerprint density at radius 1 is 1.04 bits per heavy atom. The standard InChI is InChI=1S/C18H21ClN2O3/c1-23-16-8-7-15(11-17(16)24-2)21-18(22)9-10-20-12-13-3-5-14(19)6-4-13/h3-8,11,20H,9-10,12H2,1-2H3,(H,21,22). The van der Waals surface area contributed by atoms with Gasteiger partial charge in [-0.2, -0.15) is 0 Å². The average molecular weight is 349 g/mol. The number of hydrogen-bond donors (Lipinski definition) is 2. The van der Waals surface area contributed by atoms with Crippen molar-refractivity contribution in [3.63, 3.8) is 0 Å². The first-order valence-corrected chi connectivity index (χ1v) is 7.97. The summed E-state index contributed by atoms with van der Waals surface area (Å²) in [6.45, 7) is 1.28. The second-order valence-electron chi connectivity index (χ2n) is 5.17. The maximum absolute atomic E-state index is 12.0. The first-order valence-electron chi connectivity index (χ1n) is 7.59. The van der Waals surface area contributed by atoms with Crippen molar-refractivity contribution >= 4 is 23.2 Å². The van der Waals surface area contributed by atoms with Crippen LogP contribution in [0, 0.1) is 0 Å². The fraction of sp³-hybridized carbons (Fsp3) is 0.278. The first kappa shape index (κ1) is 18.1. The molecule has 2 N–H and O–H groups in total. The molecule has 128 valence electrons. The van der Waals surface area contributed by atoms with Gasteiger partial charge in [-0.05, 0) is 29.8 Å². The lowest BCUT2D eigenvalue weighted by molar-refractivity contribution is -0.116. The van der Waals surface area contributed by atoms with Crippen molar-refractivity contribution in [2.24, 2.45) is 0 Å². The molecule has 0 aliphatic carbocycles. The van der Waals surface area contributed by atoms with Crippen LogP contribution in [0.15, 0.2) is 42.5 Å². The van der Waals surface area contributed by atoms with Crippen molar-refractivity contribution < 1.29 is 14.3 Å². The molecule has 2 aromatic carbocycles. The Bertz CT molecular complexity index is 674. The van der Waals surface area contributed by atoms with Crippen molar-refractivity contribution in [1.29, 1.82) is 0 Å². The van der Waals surface area contributed by atoms with E-state index in [0.717, 1.165) is 5.56 Å². The Hall–Kier alpha value is -2.24. The molecule has 5 nitrogen and oxygen atoms in total. The van der Waals surface area contributed by atoms with Crippen LogP contribution in [0.2, 0.25) is 5.02 Å². The zero-order valence-electron chi connectivity index (χ0n) is 13.8. The van der Waals surface area contributed by atoms with Gasteiger partial charge in [0.05, 0.1) is 14.2 Å². The number of methoxy groups -OCH3 is 2. The zero-order valence-corrected chi connectivity index (χ0v) is 14.5. The van der Waals surface area contributed by atoms with Gasteiger partial charge < -0.3 is 20.1 Å². The third-order valence-corrected chi connectivity index (χ3v) is 3.69. The van der Waals surface area contributed by atoms with Gasteiger partial charge in [0.1, 0.15) is 0 Å². The predicted molar refractivity (Wildman–Crippen MR) is 96.0 cm³/mol. The molecule has 0 saturated carbocycles. The summed E-state index contributed by atoms with van der Waals surface area (Å²) in [7, 11) is 3.13. The molecule has 24 heavy (non-hydrogen) atoms. The Morgan fingerprint density at radius 2 is 1.75 bits per heavy atom. The van der Waals surface area contributed by atoms with E-state index in [2.05, 4.69) is 10.6 Å².